The van der Waals surface area contributed by atoms with Gasteiger partial charge in [-0.1, -0.05) is 35.4 Å². The number of hydrogen-bond donors (Lipinski definition) is 1. The lowest BCUT2D eigenvalue weighted by atomic mass is 9.97. The Morgan fingerprint density at radius 2 is 1.61 bits per heavy atom. The topological polar surface area (TPSA) is 58.6 Å². The van der Waals surface area contributed by atoms with Gasteiger partial charge in [0.05, 0.1) is 17.9 Å². The van der Waals surface area contributed by atoms with E-state index in [0.29, 0.717) is 34.3 Å². The first-order valence-electron chi connectivity index (χ1n) is 10.8. The van der Waals surface area contributed by atoms with Crippen LogP contribution in [0, 0.1) is 20.8 Å². The number of nitrogens with zero attached hydrogens (tertiary/aromatic N) is 1. The molecule has 0 bridgehead atoms. The summed E-state index contributed by atoms with van der Waals surface area (Å²) in [6, 6.07) is 18.2. The Balaban J connectivity index is 1.82. The summed E-state index contributed by atoms with van der Waals surface area (Å²) in [5, 5.41) is 3.83. The van der Waals surface area contributed by atoms with Crippen LogP contribution >= 0.6 is 11.6 Å². The fraction of sp³-hybridized carbons (Fsp3) is 0.185. The zero-order chi connectivity index (χ0) is 23.7. The van der Waals surface area contributed by atoms with Crippen LogP contribution < -0.4 is 15.0 Å². The van der Waals surface area contributed by atoms with Crippen molar-refractivity contribution in [1.82, 2.24) is 0 Å². The number of halogens is 1. The Hall–Kier alpha value is -3.57. The average molecular weight is 461 g/mol. The van der Waals surface area contributed by atoms with Gasteiger partial charge in [0.2, 0.25) is 0 Å². The van der Waals surface area contributed by atoms with Crippen molar-refractivity contribution in [3.05, 3.63) is 93.6 Å². The van der Waals surface area contributed by atoms with E-state index in [9.17, 15) is 9.59 Å². The Morgan fingerprint density at radius 1 is 0.879 bits per heavy atom. The highest BCUT2D eigenvalue weighted by molar-refractivity contribution is 6.46. The van der Waals surface area contributed by atoms with Gasteiger partial charge in [-0.3, -0.25) is 9.59 Å². The third kappa shape index (κ3) is 4.37. The van der Waals surface area contributed by atoms with E-state index >= 15 is 0 Å². The number of carbonyl (C=O) groups excluding carboxylic acids is 2. The molecule has 5 nitrogen and oxygen atoms in total. The molecule has 0 saturated carbocycles. The van der Waals surface area contributed by atoms with Gasteiger partial charge in [0, 0.05) is 10.7 Å². The van der Waals surface area contributed by atoms with E-state index in [-0.39, 0.29) is 11.6 Å². The molecule has 0 atom stereocenters. The van der Waals surface area contributed by atoms with Gasteiger partial charge in [-0.15, -0.1) is 0 Å². The van der Waals surface area contributed by atoms with E-state index in [4.69, 9.17) is 16.3 Å². The lowest BCUT2D eigenvalue weighted by Gasteiger charge is -2.16. The smallest absolute Gasteiger partial charge is 0.282 e. The van der Waals surface area contributed by atoms with Gasteiger partial charge in [0.1, 0.15) is 11.4 Å². The van der Waals surface area contributed by atoms with Crippen molar-refractivity contribution in [2.75, 3.05) is 16.8 Å². The van der Waals surface area contributed by atoms with E-state index in [1.165, 1.54) is 4.90 Å². The number of amides is 2. The second-order valence-electron chi connectivity index (χ2n) is 8.03. The van der Waals surface area contributed by atoms with Crippen LogP contribution in [0.25, 0.3) is 5.57 Å². The predicted octanol–water partition coefficient (Wildman–Crippen LogP) is 6.06. The predicted molar refractivity (Wildman–Crippen MR) is 133 cm³/mol. The minimum absolute atomic E-state index is 0.242. The first-order chi connectivity index (χ1) is 15.8. The Bertz CT molecular complexity index is 1280. The number of benzene rings is 3. The maximum atomic E-state index is 13.7. The Kier molecular flexibility index (Phi) is 6.25. The number of ether oxygens (including phenoxy) is 1. The molecule has 6 heteroatoms. The summed E-state index contributed by atoms with van der Waals surface area (Å²) in [5.41, 5.74) is 5.39. The van der Waals surface area contributed by atoms with Crippen LogP contribution in [0.2, 0.25) is 5.02 Å². The minimum atomic E-state index is -0.409. The zero-order valence-electron chi connectivity index (χ0n) is 19.0. The van der Waals surface area contributed by atoms with Gasteiger partial charge in [0.25, 0.3) is 11.8 Å². The summed E-state index contributed by atoms with van der Waals surface area (Å²) in [4.78, 5) is 28.5. The first kappa shape index (κ1) is 22.6. The van der Waals surface area contributed by atoms with Gasteiger partial charge >= 0.3 is 0 Å². The number of anilines is 2. The highest BCUT2D eigenvalue weighted by atomic mass is 35.5. The molecular weight excluding hydrogens is 436 g/mol. The van der Waals surface area contributed by atoms with Crippen molar-refractivity contribution in [2.24, 2.45) is 0 Å². The van der Waals surface area contributed by atoms with Gasteiger partial charge in [-0.2, -0.15) is 0 Å². The summed E-state index contributed by atoms with van der Waals surface area (Å²) in [7, 11) is 0. The molecule has 3 aromatic carbocycles. The van der Waals surface area contributed by atoms with Crippen LogP contribution in [0.15, 0.2) is 66.4 Å². The van der Waals surface area contributed by atoms with Gasteiger partial charge in [0.15, 0.2) is 0 Å². The van der Waals surface area contributed by atoms with Crippen molar-refractivity contribution in [3.63, 3.8) is 0 Å². The average Bonchev–Trinajstić information content (AvgIpc) is 3.01. The molecule has 0 aliphatic carbocycles. The maximum absolute atomic E-state index is 13.7. The van der Waals surface area contributed by atoms with E-state index in [2.05, 4.69) is 5.32 Å². The van der Waals surface area contributed by atoms with Gasteiger partial charge in [-0.05, 0) is 86.8 Å². The van der Waals surface area contributed by atoms with Crippen molar-refractivity contribution in [3.8, 4) is 5.75 Å². The Labute approximate surface area is 198 Å². The van der Waals surface area contributed by atoms with E-state index < -0.39 is 5.91 Å². The lowest BCUT2D eigenvalue weighted by molar-refractivity contribution is -0.120. The second-order valence-corrected chi connectivity index (χ2v) is 8.46. The number of hydrogen-bond acceptors (Lipinski definition) is 4. The molecule has 0 radical (unpaired) electrons. The maximum Gasteiger partial charge on any atom is 0.282 e. The molecule has 2 amide bonds. The van der Waals surface area contributed by atoms with Gasteiger partial charge in [-0.25, -0.2) is 4.90 Å². The van der Waals surface area contributed by atoms with Crippen molar-refractivity contribution in [2.45, 2.75) is 27.7 Å². The van der Waals surface area contributed by atoms with E-state index in [1.807, 2.05) is 58.0 Å². The van der Waals surface area contributed by atoms with Crippen LogP contribution in [0.1, 0.15) is 29.2 Å². The molecule has 168 valence electrons. The first-order valence-corrected chi connectivity index (χ1v) is 11.1. The van der Waals surface area contributed by atoms with Crippen LogP contribution in [-0.4, -0.2) is 18.4 Å². The molecule has 4 rings (SSSR count). The number of nitrogens with one attached hydrogen (secondary N) is 1. The number of imide groups is 1. The highest BCUT2D eigenvalue weighted by Gasteiger charge is 2.40. The van der Waals surface area contributed by atoms with Gasteiger partial charge < -0.3 is 10.1 Å². The fourth-order valence-corrected chi connectivity index (χ4v) is 4.21. The Morgan fingerprint density at radius 3 is 2.24 bits per heavy atom. The van der Waals surface area contributed by atoms with Crippen LogP contribution in [-0.2, 0) is 9.59 Å². The summed E-state index contributed by atoms with van der Waals surface area (Å²) < 4.78 is 5.50. The molecule has 33 heavy (non-hydrogen) atoms. The van der Waals surface area contributed by atoms with Crippen LogP contribution in [0.5, 0.6) is 5.75 Å². The van der Waals surface area contributed by atoms with Crippen molar-refractivity contribution >= 4 is 40.4 Å². The van der Waals surface area contributed by atoms with E-state index in [1.54, 1.807) is 30.3 Å². The summed E-state index contributed by atoms with van der Waals surface area (Å²) in [6.07, 6.45) is 0. The third-order valence-corrected chi connectivity index (χ3v) is 5.82. The van der Waals surface area contributed by atoms with Crippen molar-refractivity contribution in [1.29, 1.82) is 0 Å². The second kappa shape index (κ2) is 9.12. The quantitative estimate of drug-likeness (QED) is 0.454. The molecule has 0 spiro atoms. The fourth-order valence-electron chi connectivity index (χ4n) is 3.98. The zero-order valence-corrected chi connectivity index (χ0v) is 19.8. The molecular formula is C27H25ClN2O3. The summed E-state index contributed by atoms with van der Waals surface area (Å²) in [5.74, 6) is -0.100. The molecule has 1 N–H and O–H groups in total. The molecule has 1 heterocycles. The highest BCUT2D eigenvalue weighted by Crippen LogP contribution is 2.36. The number of rotatable bonds is 6. The molecule has 0 fully saturated rings. The molecule has 0 aromatic heterocycles. The molecule has 1 aliphatic heterocycles. The summed E-state index contributed by atoms with van der Waals surface area (Å²) in [6.45, 7) is 8.27. The number of aryl methyl sites for hydroxylation is 3. The molecule has 0 unspecified atom stereocenters. The van der Waals surface area contributed by atoms with Crippen LogP contribution in [0.4, 0.5) is 11.4 Å². The number of carbonyl (C=O) groups is 2. The third-order valence-electron chi connectivity index (χ3n) is 5.59. The van der Waals surface area contributed by atoms with E-state index in [0.717, 1.165) is 22.3 Å². The lowest BCUT2D eigenvalue weighted by Crippen LogP contribution is -2.32. The SMILES string of the molecule is CCOc1ccc(N2C(=O)C(Nc3ccc(Cl)cc3C)=C(c3ccc(C)cc3C)C2=O)cc1. The standard InChI is InChI=1S/C27H25ClN2O3/c1-5-33-21-10-8-20(9-11-21)30-26(31)24(22-12-6-16(2)14-17(22)3)25(27(30)32)29-23-13-7-19(28)15-18(23)4/h6-15,29H,5H2,1-4H3. The normalized spacial score (nSPS) is 13.7. The largest absolute Gasteiger partial charge is 0.494 e. The molecule has 0 saturated heterocycles. The molecule has 1 aliphatic rings. The minimum Gasteiger partial charge on any atom is -0.494 e. The van der Waals surface area contributed by atoms with Crippen LogP contribution in [0.3, 0.4) is 0 Å². The monoisotopic (exact) mass is 460 g/mol. The summed E-state index contributed by atoms with van der Waals surface area (Å²) >= 11 is 6.10. The molecule has 3 aromatic rings. The van der Waals surface area contributed by atoms with Crippen molar-refractivity contribution < 1.29 is 14.3 Å².